The Balaban J connectivity index is 2.04. The highest BCUT2D eigenvalue weighted by atomic mass is 16.5. The lowest BCUT2D eigenvalue weighted by molar-refractivity contribution is -0.220. The Kier molecular flexibility index (Phi) is 1.23. The van der Waals surface area contributed by atoms with Crippen molar-refractivity contribution in [3.63, 3.8) is 0 Å². The Hall–Kier alpha value is -0.860. The Bertz CT molecular complexity index is 247. The van der Waals surface area contributed by atoms with Crippen molar-refractivity contribution in [2.45, 2.75) is 26.2 Å². The molecule has 0 atom stereocenters. The molecule has 3 rings (SSSR count). The predicted molar refractivity (Wildman–Crippen MR) is 41.4 cm³/mol. The van der Waals surface area contributed by atoms with Crippen molar-refractivity contribution < 1.29 is 14.3 Å². The molecule has 0 aromatic rings. The van der Waals surface area contributed by atoms with Gasteiger partial charge < -0.3 is 4.74 Å². The zero-order valence-electron chi connectivity index (χ0n) is 7.35. The van der Waals surface area contributed by atoms with E-state index >= 15 is 0 Å². The normalized spacial score (nSPS) is 42.5. The van der Waals surface area contributed by atoms with Crippen LogP contribution >= 0.6 is 0 Å². The highest BCUT2D eigenvalue weighted by Gasteiger charge is 2.74. The summed E-state index contributed by atoms with van der Waals surface area (Å²) in [6, 6.07) is 0. The fourth-order valence-electron chi connectivity index (χ4n) is 2.59. The van der Waals surface area contributed by atoms with E-state index in [0.717, 1.165) is 19.3 Å². The van der Waals surface area contributed by atoms with Crippen molar-refractivity contribution in [2.75, 3.05) is 7.11 Å². The van der Waals surface area contributed by atoms with E-state index in [-0.39, 0.29) is 22.6 Å². The first-order valence-electron chi connectivity index (χ1n) is 4.14. The molecule has 0 saturated heterocycles. The van der Waals surface area contributed by atoms with Gasteiger partial charge in [0, 0.05) is 5.41 Å². The molecule has 3 fully saturated rings. The molecule has 0 N–H and O–H groups in total. The molecule has 3 heteroatoms. The zero-order chi connectivity index (χ0) is 8.98. The van der Waals surface area contributed by atoms with E-state index in [4.69, 9.17) is 0 Å². The average molecular weight is 168 g/mol. The van der Waals surface area contributed by atoms with Crippen LogP contribution < -0.4 is 0 Å². The summed E-state index contributed by atoms with van der Waals surface area (Å²) in [5, 5.41) is 0. The van der Waals surface area contributed by atoms with E-state index in [2.05, 4.69) is 4.74 Å². The summed E-state index contributed by atoms with van der Waals surface area (Å²) in [5.41, 5.74) is -0.394. The molecule has 3 nitrogen and oxygen atoms in total. The van der Waals surface area contributed by atoms with Crippen molar-refractivity contribution in [3.8, 4) is 0 Å². The van der Waals surface area contributed by atoms with Gasteiger partial charge in [-0.2, -0.15) is 0 Å². The lowest BCUT2D eigenvalue weighted by Crippen LogP contribution is -2.68. The standard InChI is InChI=1S/C9H12O3/c1-6(10)8-3-9(4-8,5-8)7(11)12-2/h3-5H2,1-2H3. The van der Waals surface area contributed by atoms with Crippen LogP contribution in [-0.4, -0.2) is 18.9 Å². The molecule has 66 valence electrons. The average Bonchev–Trinajstić information content (AvgIpc) is 1.80. The summed E-state index contributed by atoms with van der Waals surface area (Å²) in [7, 11) is 1.41. The lowest BCUT2D eigenvalue weighted by atomic mass is 9.34. The Labute approximate surface area is 71.1 Å². The van der Waals surface area contributed by atoms with Crippen LogP contribution in [0.5, 0.6) is 0 Å². The molecular weight excluding hydrogens is 156 g/mol. The molecule has 3 aliphatic rings. The van der Waals surface area contributed by atoms with Crippen LogP contribution in [0.25, 0.3) is 0 Å². The molecule has 0 aromatic carbocycles. The minimum Gasteiger partial charge on any atom is -0.469 e. The van der Waals surface area contributed by atoms with Crippen LogP contribution in [0.2, 0.25) is 0 Å². The number of rotatable bonds is 2. The van der Waals surface area contributed by atoms with Crippen LogP contribution in [0, 0.1) is 10.8 Å². The van der Waals surface area contributed by atoms with E-state index in [1.807, 2.05) is 0 Å². The summed E-state index contributed by atoms with van der Waals surface area (Å²) in [4.78, 5) is 22.3. The third-order valence-corrected chi connectivity index (χ3v) is 3.40. The van der Waals surface area contributed by atoms with Crippen molar-refractivity contribution >= 4 is 11.8 Å². The number of carbonyl (C=O) groups excluding carboxylic acids is 2. The molecule has 0 amide bonds. The van der Waals surface area contributed by atoms with E-state index in [9.17, 15) is 9.59 Å². The van der Waals surface area contributed by atoms with Gasteiger partial charge in [0.2, 0.25) is 0 Å². The number of Topliss-reactive ketones (excluding diaryl/α,β-unsaturated/α-hetero) is 1. The number of hydrogen-bond donors (Lipinski definition) is 0. The summed E-state index contributed by atoms with van der Waals surface area (Å²) in [5.74, 6) is 0.0962. The highest BCUT2D eigenvalue weighted by Crippen LogP contribution is 2.73. The van der Waals surface area contributed by atoms with Gasteiger partial charge >= 0.3 is 5.97 Å². The second-order valence-electron chi connectivity index (χ2n) is 4.14. The quantitative estimate of drug-likeness (QED) is 0.576. The van der Waals surface area contributed by atoms with Gasteiger partial charge in [-0.3, -0.25) is 9.59 Å². The smallest absolute Gasteiger partial charge is 0.311 e. The van der Waals surface area contributed by atoms with Crippen molar-refractivity contribution in [1.82, 2.24) is 0 Å². The van der Waals surface area contributed by atoms with Crippen LogP contribution in [0.4, 0.5) is 0 Å². The van der Waals surface area contributed by atoms with Crippen LogP contribution in [0.15, 0.2) is 0 Å². The zero-order valence-corrected chi connectivity index (χ0v) is 7.35. The van der Waals surface area contributed by atoms with Crippen LogP contribution in [0.3, 0.4) is 0 Å². The van der Waals surface area contributed by atoms with Gasteiger partial charge in [0.15, 0.2) is 0 Å². The fourth-order valence-corrected chi connectivity index (χ4v) is 2.59. The number of esters is 1. The molecule has 12 heavy (non-hydrogen) atoms. The first kappa shape index (κ1) is 7.77. The molecular formula is C9H12O3. The minimum atomic E-state index is -0.263. The number of carbonyl (C=O) groups is 2. The monoisotopic (exact) mass is 168 g/mol. The topological polar surface area (TPSA) is 43.4 Å². The summed E-state index contributed by atoms with van der Waals surface area (Å²) >= 11 is 0. The van der Waals surface area contributed by atoms with E-state index in [1.54, 1.807) is 6.92 Å². The summed E-state index contributed by atoms with van der Waals surface area (Å²) in [6.45, 7) is 1.61. The summed E-state index contributed by atoms with van der Waals surface area (Å²) < 4.78 is 4.67. The van der Waals surface area contributed by atoms with Crippen molar-refractivity contribution in [1.29, 1.82) is 0 Å². The van der Waals surface area contributed by atoms with E-state index < -0.39 is 0 Å². The highest BCUT2D eigenvalue weighted by molar-refractivity contribution is 5.93. The first-order valence-corrected chi connectivity index (χ1v) is 4.14. The van der Waals surface area contributed by atoms with Crippen LogP contribution in [-0.2, 0) is 14.3 Å². The van der Waals surface area contributed by atoms with Gasteiger partial charge in [-0.25, -0.2) is 0 Å². The third-order valence-electron chi connectivity index (χ3n) is 3.40. The van der Waals surface area contributed by atoms with Crippen molar-refractivity contribution in [3.05, 3.63) is 0 Å². The fraction of sp³-hybridized carbons (Fsp3) is 0.778. The molecule has 2 bridgehead atoms. The maximum absolute atomic E-state index is 11.2. The molecule has 0 spiro atoms. The Morgan fingerprint density at radius 2 is 1.67 bits per heavy atom. The van der Waals surface area contributed by atoms with Gasteiger partial charge in [-0.1, -0.05) is 0 Å². The molecule has 0 unspecified atom stereocenters. The molecule has 3 aliphatic carbocycles. The van der Waals surface area contributed by atoms with Gasteiger partial charge in [0.05, 0.1) is 12.5 Å². The second kappa shape index (κ2) is 1.90. The summed E-state index contributed by atoms with van der Waals surface area (Å²) in [6.07, 6.45) is 2.17. The Morgan fingerprint density at radius 3 is 2.00 bits per heavy atom. The molecule has 0 aliphatic heterocycles. The van der Waals surface area contributed by atoms with Crippen LogP contribution in [0.1, 0.15) is 26.2 Å². The third kappa shape index (κ3) is 0.625. The number of hydrogen-bond acceptors (Lipinski definition) is 3. The first-order chi connectivity index (χ1) is 5.55. The van der Waals surface area contributed by atoms with Gasteiger partial charge in [0.1, 0.15) is 5.78 Å². The maximum atomic E-state index is 11.2. The molecule has 0 radical (unpaired) electrons. The van der Waals surface area contributed by atoms with Gasteiger partial charge in [-0.15, -0.1) is 0 Å². The van der Waals surface area contributed by atoms with E-state index in [1.165, 1.54) is 7.11 Å². The van der Waals surface area contributed by atoms with Crippen molar-refractivity contribution in [2.24, 2.45) is 10.8 Å². The maximum Gasteiger partial charge on any atom is 0.311 e. The lowest BCUT2D eigenvalue weighted by Gasteiger charge is -2.67. The molecule has 0 aromatic heterocycles. The molecule has 0 heterocycles. The van der Waals surface area contributed by atoms with E-state index in [0.29, 0.717) is 0 Å². The second-order valence-corrected chi connectivity index (χ2v) is 4.14. The number of methoxy groups -OCH3 is 1. The van der Waals surface area contributed by atoms with Gasteiger partial charge in [-0.05, 0) is 26.2 Å². The Morgan fingerprint density at radius 1 is 1.17 bits per heavy atom. The minimum absolute atomic E-state index is 0.131. The van der Waals surface area contributed by atoms with Gasteiger partial charge in [0.25, 0.3) is 0 Å². The predicted octanol–water partition coefficient (Wildman–Crippen LogP) is 0.919. The number of ether oxygens (including phenoxy) is 1. The SMILES string of the molecule is COC(=O)C12CC(C(C)=O)(C1)C2. The number of ketones is 1. The molecule has 3 saturated carbocycles. The largest absolute Gasteiger partial charge is 0.469 e.